The number of hydrazine groups is 1. The fourth-order valence-electron chi connectivity index (χ4n) is 3.04. The van der Waals surface area contributed by atoms with E-state index in [9.17, 15) is 9.59 Å². The summed E-state index contributed by atoms with van der Waals surface area (Å²) < 4.78 is 0.324. The van der Waals surface area contributed by atoms with Crippen LogP contribution in [-0.2, 0) is 4.79 Å². The molecule has 27 heavy (non-hydrogen) atoms. The number of benzene rings is 1. The number of anilines is 1. The number of amides is 2. The van der Waals surface area contributed by atoms with Crippen molar-refractivity contribution < 1.29 is 9.59 Å². The van der Waals surface area contributed by atoms with Gasteiger partial charge in [-0.05, 0) is 60.3 Å². The van der Waals surface area contributed by atoms with Gasteiger partial charge >= 0.3 is 0 Å². The highest BCUT2D eigenvalue weighted by molar-refractivity contribution is 8.26. The number of thiocarbonyl (C=S) groups is 1. The van der Waals surface area contributed by atoms with Gasteiger partial charge in [-0.15, -0.1) is 11.3 Å². The minimum Gasteiger partial charge on any atom is -0.372 e. The standard InChI is InChI=1S/C19H17N3O2S3/c23-17(15-4-3-11-26-15)20-22-18(24)16(27-19(22)25)12-13-5-7-14(8-6-13)21-9-1-2-10-21/h3-8,11-12H,1-2,9-10H2,(H,20,23)/b16-12+. The Balaban J connectivity index is 1.46. The number of thiophene rings is 1. The second-order valence-corrected chi connectivity index (χ2v) is 8.84. The van der Waals surface area contributed by atoms with Crippen LogP contribution in [0.2, 0.25) is 0 Å². The highest BCUT2D eigenvalue weighted by atomic mass is 32.2. The van der Waals surface area contributed by atoms with E-state index in [0.29, 0.717) is 14.1 Å². The van der Waals surface area contributed by atoms with Crippen LogP contribution in [0.1, 0.15) is 28.1 Å². The lowest BCUT2D eigenvalue weighted by Crippen LogP contribution is -2.44. The molecule has 2 aliphatic heterocycles. The number of carbonyl (C=O) groups is 2. The van der Waals surface area contributed by atoms with Crippen LogP contribution in [-0.4, -0.2) is 34.2 Å². The van der Waals surface area contributed by atoms with Crippen LogP contribution >= 0.6 is 35.3 Å². The summed E-state index contributed by atoms with van der Waals surface area (Å²) in [6, 6.07) is 11.7. The first-order valence-corrected chi connectivity index (χ1v) is 10.7. The van der Waals surface area contributed by atoms with Crippen molar-refractivity contribution >= 4 is 63.2 Å². The fraction of sp³-hybridized carbons (Fsp3) is 0.211. The maximum absolute atomic E-state index is 12.6. The van der Waals surface area contributed by atoms with Crippen LogP contribution in [0, 0.1) is 0 Å². The van der Waals surface area contributed by atoms with Crippen molar-refractivity contribution in [2.24, 2.45) is 0 Å². The van der Waals surface area contributed by atoms with Gasteiger partial charge in [0, 0.05) is 18.8 Å². The highest BCUT2D eigenvalue weighted by Gasteiger charge is 2.33. The quantitative estimate of drug-likeness (QED) is 0.606. The maximum atomic E-state index is 12.6. The molecule has 0 atom stereocenters. The Hall–Kier alpha value is -2.16. The number of thioether (sulfide) groups is 1. The molecule has 5 nitrogen and oxygen atoms in total. The molecule has 138 valence electrons. The molecule has 8 heteroatoms. The lowest BCUT2D eigenvalue weighted by atomic mass is 10.2. The first kappa shape index (κ1) is 18.2. The van der Waals surface area contributed by atoms with Gasteiger partial charge in [0.15, 0.2) is 4.32 Å². The number of nitrogens with zero attached hydrogens (tertiary/aromatic N) is 2. The van der Waals surface area contributed by atoms with Crippen LogP contribution in [0.15, 0.2) is 46.7 Å². The molecule has 0 saturated carbocycles. The molecule has 1 N–H and O–H groups in total. The molecule has 2 amide bonds. The summed E-state index contributed by atoms with van der Waals surface area (Å²) in [6.07, 6.45) is 4.28. The Labute approximate surface area is 171 Å². The first-order chi connectivity index (χ1) is 13.1. The monoisotopic (exact) mass is 415 g/mol. The lowest BCUT2D eigenvalue weighted by Gasteiger charge is -2.17. The number of nitrogens with one attached hydrogen (secondary N) is 1. The minimum absolute atomic E-state index is 0.307. The van der Waals surface area contributed by atoms with Crippen molar-refractivity contribution in [2.75, 3.05) is 18.0 Å². The van der Waals surface area contributed by atoms with Crippen molar-refractivity contribution in [2.45, 2.75) is 12.8 Å². The van der Waals surface area contributed by atoms with Gasteiger partial charge in [-0.25, -0.2) is 0 Å². The first-order valence-electron chi connectivity index (χ1n) is 8.59. The van der Waals surface area contributed by atoms with E-state index in [1.165, 1.54) is 41.6 Å². The Morgan fingerprint density at radius 3 is 2.56 bits per heavy atom. The summed E-state index contributed by atoms with van der Waals surface area (Å²) in [5.41, 5.74) is 4.73. The van der Waals surface area contributed by atoms with Gasteiger partial charge < -0.3 is 4.90 Å². The van der Waals surface area contributed by atoms with Gasteiger partial charge in [-0.2, -0.15) is 5.01 Å². The summed E-state index contributed by atoms with van der Waals surface area (Å²) in [7, 11) is 0. The predicted octanol–water partition coefficient (Wildman–Crippen LogP) is 3.89. The second-order valence-electron chi connectivity index (χ2n) is 6.22. The van der Waals surface area contributed by atoms with Crippen molar-refractivity contribution in [3.05, 3.63) is 57.1 Å². The van der Waals surface area contributed by atoms with Gasteiger partial charge in [-0.3, -0.25) is 15.0 Å². The summed E-state index contributed by atoms with van der Waals surface area (Å²) in [5.74, 6) is -0.643. The molecular formula is C19H17N3O2S3. The molecule has 2 aliphatic rings. The number of hydrogen-bond acceptors (Lipinski definition) is 6. The van der Waals surface area contributed by atoms with Crippen LogP contribution in [0.4, 0.5) is 5.69 Å². The molecule has 0 aliphatic carbocycles. The van der Waals surface area contributed by atoms with Gasteiger partial charge in [-0.1, -0.05) is 30.0 Å². The molecular weight excluding hydrogens is 398 g/mol. The third kappa shape index (κ3) is 3.92. The van der Waals surface area contributed by atoms with E-state index in [1.54, 1.807) is 12.1 Å². The molecule has 2 aromatic rings. The molecule has 4 rings (SSSR count). The summed E-state index contributed by atoms with van der Waals surface area (Å²) in [4.78, 5) is 28.2. The number of rotatable bonds is 4. The van der Waals surface area contributed by atoms with Gasteiger partial charge in [0.1, 0.15) is 0 Å². The van der Waals surface area contributed by atoms with E-state index in [4.69, 9.17) is 12.2 Å². The average Bonchev–Trinajstić information content (AvgIpc) is 3.42. The molecule has 0 unspecified atom stereocenters. The van der Waals surface area contributed by atoms with Crippen molar-refractivity contribution in [3.8, 4) is 0 Å². The Morgan fingerprint density at radius 2 is 1.89 bits per heavy atom. The zero-order valence-electron chi connectivity index (χ0n) is 14.4. The zero-order valence-corrected chi connectivity index (χ0v) is 16.8. The van der Waals surface area contributed by atoms with Crippen molar-refractivity contribution in [1.82, 2.24) is 10.4 Å². The van der Waals surface area contributed by atoms with Crippen molar-refractivity contribution in [1.29, 1.82) is 0 Å². The summed E-state index contributed by atoms with van der Waals surface area (Å²) >= 11 is 7.77. The SMILES string of the molecule is O=C(NN1C(=O)/C(=C\c2ccc(N3CCCC3)cc2)SC1=S)c1cccs1. The normalized spacial score (nSPS) is 18.6. The van der Waals surface area contributed by atoms with Gasteiger partial charge in [0.05, 0.1) is 9.78 Å². The largest absolute Gasteiger partial charge is 0.372 e. The van der Waals surface area contributed by atoms with Crippen LogP contribution < -0.4 is 10.3 Å². The van der Waals surface area contributed by atoms with Crippen LogP contribution in [0.25, 0.3) is 6.08 Å². The Morgan fingerprint density at radius 1 is 1.15 bits per heavy atom. The molecule has 3 heterocycles. The minimum atomic E-state index is -0.336. The number of hydrogen-bond donors (Lipinski definition) is 1. The van der Waals surface area contributed by atoms with E-state index < -0.39 is 0 Å². The Bertz CT molecular complexity index is 901. The van der Waals surface area contributed by atoms with Crippen LogP contribution in [0.5, 0.6) is 0 Å². The average molecular weight is 416 g/mol. The summed E-state index contributed by atoms with van der Waals surface area (Å²) in [5, 5.41) is 2.96. The fourth-order valence-corrected chi connectivity index (χ4v) is 4.83. The van der Waals surface area contributed by atoms with E-state index in [-0.39, 0.29) is 11.8 Å². The molecule has 0 spiro atoms. The van der Waals surface area contributed by atoms with Crippen molar-refractivity contribution in [3.63, 3.8) is 0 Å². The molecule has 0 bridgehead atoms. The predicted molar refractivity (Wildman–Crippen MR) is 115 cm³/mol. The highest BCUT2D eigenvalue weighted by Crippen LogP contribution is 2.32. The molecule has 1 aromatic carbocycles. The van der Waals surface area contributed by atoms with E-state index in [1.807, 2.05) is 23.6 Å². The topological polar surface area (TPSA) is 52.7 Å². The third-order valence-electron chi connectivity index (χ3n) is 4.41. The van der Waals surface area contributed by atoms with E-state index in [0.717, 1.165) is 23.7 Å². The number of carbonyl (C=O) groups excluding carboxylic acids is 2. The summed E-state index contributed by atoms with van der Waals surface area (Å²) in [6.45, 7) is 2.20. The third-order valence-corrected chi connectivity index (χ3v) is 6.58. The molecule has 2 fully saturated rings. The Kier molecular flexibility index (Phi) is 5.29. The van der Waals surface area contributed by atoms with Gasteiger partial charge in [0.2, 0.25) is 0 Å². The van der Waals surface area contributed by atoms with E-state index in [2.05, 4.69) is 22.5 Å². The molecule has 0 radical (unpaired) electrons. The zero-order chi connectivity index (χ0) is 18.8. The smallest absolute Gasteiger partial charge is 0.285 e. The molecule has 2 saturated heterocycles. The van der Waals surface area contributed by atoms with Gasteiger partial charge in [0.25, 0.3) is 11.8 Å². The maximum Gasteiger partial charge on any atom is 0.285 e. The van der Waals surface area contributed by atoms with E-state index >= 15 is 0 Å². The molecule has 1 aromatic heterocycles. The second kappa shape index (κ2) is 7.84. The van der Waals surface area contributed by atoms with Crippen LogP contribution in [0.3, 0.4) is 0 Å². The lowest BCUT2D eigenvalue weighted by molar-refractivity contribution is -0.123.